The van der Waals surface area contributed by atoms with E-state index >= 15 is 0 Å². The van der Waals surface area contributed by atoms with E-state index in [2.05, 4.69) is 27.4 Å². The molecule has 1 atom stereocenters. The van der Waals surface area contributed by atoms with Crippen LogP contribution in [0.3, 0.4) is 0 Å². The Morgan fingerprint density at radius 2 is 2.08 bits per heavy atom. The Balaban J connectivity index is 4.50. The summed E-state index contributed by atoms with van der Waals surface area (Å²) in [5.74, 6) is 0.183. The van der Waals surface area contributed by atoms with Gasteiger partial charge in [0.05, 0.1) is 0 Å². The summed E-state index contributed by atoms with van der Waals surface area (Å²) in [5.41, 5.74) is 0.0638. The largest absolute Gasteiger partial charge is 0.323 e. The van der Waals surface area contributed by atoms with Crippen LogP contribution in [0.25, 0.3) is 0 Å². The zero-order chi connectivity index (χ0) is 10.6. The molecular weight excluding hydrogens is 162 g/mol. The van der Waals surface area contributed by atoms with E-state index in [-0.39, 0.29) is 17.2 Å². The zero-order valence-corrected chi connectivity index (χ0v) is 9.42. The summed E-state index contributed by atoms with van der Waals surface area (Å²) in [5, 5.41) is 0. The predicted octanol–water partition coefficient (Wildman–Crippen LogP) is 2.66. The molecule has 0 heterocycles. The van der Waals surface area contributed by atoms with Crippen molar-refractivity contribution >= 4 is 5.91 Å². The molecule has 0 spiro atoms. The molecule has 76 valence electrons. The predicted molar refractivity (Wildman–Crippen MR) is 56.2 cm³/mol. The maximum atomic E-state index is 11.7. The summed E-state index contributed by atoms with van der Waals surface area (Å²) >= 11 is 0. The lowest BCUT2D eigenvalue weighted by atomic mass is 9.77. The summed E-state index contributed by atoms with van der Waals surface area (Å²) < 4.78 is 0. The Labute approximate surface area is 81.6 Å². The molecular formula is C11H21NO. The molecule has 13 heavy (non-hydrogen) atoms. The molecule has 2 heteroatoms. The minimum Gasteiger partial charge on any atom is -0.323 e. The lowest BCUT2D eigenvalue weighted by molar-refractivity contribution is -0.134. The van der Waals surface area contributed by atoms with Gasteiger partial charge in [-0.2, -0.15) is 0 Å². The molecule has 0 bridgehead atoms. The van der Waals surface area contributed by atoms with Crippen LogP contribution in [-0.4, -0.2) is 17.9 Å². The van der Waals surface area contributed by atoms with Crippen molar-refractivity contribution in [3.8, 4) is 0 Å². The third-order valence-corrected chi connectivity index (χ3v) is 3.08. The summed E-state index contributed by atoms with van der Waals surface area (Å²) in [7, 11) is 1.75. The van der Waals surface area contributed by atoms with Crippen molar-refractivity contribution in [1.29, 1.82) is 0 Å². The minimum absolute atomic E-state index is 0.0421. The highest BCUT2D eigenvalue weighted by Gasteiger charge is 2.30. The lowest BCUT2D eigenvalue weighted by Gasteiger charge is -2.31. The van der Waals surface area contributed by atoms with E-state index in [1.165, 1.54) is 0 Å². The van der Waals surface area contributed by atoms with Gasteiger partial charge in [-0.25, -0.2) is 0 Å². The third kappa shape index (κ3) is 2.87. The molecule has 1 unspecified atom stereocenters. The summed E-state index contributed by atoms with van der Waals surface area (Å²) in [6.45, 7) is 11.9. The molecule has 0 radical (unpaired) electrons. The third-order valence-electron chi connectivity index (χ3n) is 3.08. The second kappa shape index (κ2) is 4.45. The van der Waals surface area contributed by atoms with Crippen molar-refractivity contribution in [1.82, 2.24) is 4.90 Å². The number of hydrogen-bond donors (Lipinski definition) is 0. The molecule has 2 nitrogen and oxygen atoms in total. The van der Waals surface area contributed by atoms with E-state index in [0.717, 1.165) is 6.42 Å². The van der Waals surface area contributed by atoms with Gasteiger partial charge in [0.15, 0.2) is 0 Å². The molecule has 0 aliphatic carbocycles. The molecule has 0 aromatic heterocycles. The van der Waals surface area contributed by atoms with Crippen LogP contribution in [0.5, 0.6) is 0 Å². The average Bonchev–Trinajstić information content (AvgIpc) is 2.14. The summed E-state index contributed by atoms with van der Waals surface area (Å²) in [6.07, 6.45) is 2.56. The number of carbonyl (C=O) groups excluding carboxylic acids is 1. The van der Waals surface area contributed by atoms with Crippen molar-refractivity contribution in [3.05, 3.63) is 12.8 Å². The molecule has 0 aromatic carbocycles. The first-order chi connectivity index (χ1) is 5.86. The zero-order valence-electron chi connectivity index (χ0n) is 9.42. The van der Waals surface area contributed by atoms with Crippen molar-refractivity contribution < 1.29 is 4.79 Å². The minimum atomic E-state index is 0.0421. The molecule has 1 amide bonds. The molecule has 0 aromatic rings. The maximum absolute atomic E-state index is 11.7. The number of rotatable bonds is 4. The standard InChI is InChI=1S/C11H21NO/c1-7-11(4,5)9(3)10(13)12(6)8-2/h8-9H,2,7H2,1,3-6H3. The first-order valence-corrected chi connectivity index (χ1v) is 4.76. The number of amides is 1. The maximum Gasteiger partial charge on any atom is 0.229 e. The second-order valence-electron chi connectivity index (χ2n) is 4.20. The van der Waals surface area contributed by atoms with Gasteiger partial charge < -0.3 is 4.90 Å². The van der Waals surface area contributed by atoms with Crippen LogP contribution in [0, 0.1) is 11.3 Å². The van der Waals surface area contributed by atoms with Crippen LogP contribution in [0.4, 0.5) is 0 Å². The Morgan fingerprint density at radius 3 is 2.38 bits per heavy atom. The fourth-order valence-electron chi connectivity index (χ4n) is 1.04. The molecule has 0 aliphatic heterocycles. The van der Waals surface area contributed by atoms with Gasteiger partial charge in [0.2, 0.25) is 5.91 Å². The quantitative estimate of drug-likeness (QED) is 0.656. The summed E-state index contributed by atoms with van der Waals surface area (Å²) in [6, 6.07) is 0. The van der Waals surface area contributed by atoms with Gasteiger partial charge in [-0.15, -0.1) is 0 Å². The van der Waals surface area contributed by atoms with E-state index in [1.807, 2.05) is 6.92 Å². The number of hydrogen-bond acceptors (Lipinski definition) is 1. The molecule has 0 aliphatic rings. The first kappa shape index (κ1) is 12.2. The Kier molecular flexibility index (Phi) is 4.18. The van der Waals surface area contributed by atoms with Crippen molar-refractivity contribution in [2.75, 3.05) is 7.05 Å². The second-order valence-corrected chi connectivity index (χ2v) is 4.20. The highest BCUT2D eigenvalue weighted by molar-refractivity contribution is 5.79. The van der Waals surface area contributed by atoms with Crippen LogP contribution in [0.15, 0.2) is 12.8 Å². The highest BCUT2D eigenvalue weighted by atomic mass is 16.2. The van der Waals surface area contributed by atoms with Gasteiger partial charge in [-0.1, -0.05) is 40.7 Å². The van der Waals surface area contributed by atoms with Crippen molar-refractivity contribution in [3.63, 3.8) is 0 Å². The van der Waals surface area contributed by atoms with E-state index < -0.39 is 0 Å². The first-order valence-electron chi connectivity index (χ1n) is 4.76. The lowest BCUT2D eigenvalue weighted by Crippen LogP contribution is -2.35. The van der Waals surface area contributed by atoms with Gasteiger partial charge in [0.25, 0.3) is 0 Å². The van der Waals surface area contributed by atoms with Crippen molar-refractivity contribution in [2.24, 2.45) is 11.3 Å². The van der Waals surface area contributed by atoms with Gasteiger partial charge >= 0.3 is 0 Å². The van der Waals surface area contributed by atoms with E-state index in [0.29, 0.717) is 0 Å². The summed E-state index contributed by atoms with van der Waals surface area (Å²) in [4.78, 5) is 13.3. The van der Waals surface area contributed by atoms with Crippen molar-refractivity contribution in [2.45, 2.75) is 34.1 Å². The normalized spacial score (nSPS) is 13.6. The topological polar surface area (TPSA) is 20.3 Å². The SMILES string of the molecule is C=CN(C)C(=O)C(C)C(C)(C)CC. The van der Waals surface area contributed by atoms with Crippen LogP contribution < -0.4 is 0 Å². The fourth-order valence-corrected chi connectivity index (χ4v) is 1.04. The van der Waals surface area contributed by atoms with E-state index in [4.69, 9.17) is 0 Å². The van der Waals surface area contributed by atoms with E-state index in [1.54, 1.807) is 18.1 Å². The molecule has 0 fully saturated rings. The Bertz CT molecular complexity index is 196. The van der Waals surface area contributed by atoms with Gasteiger partial charge in [0, 0.05) is 13.0 Å². The molecule has 0 saturated heterocycles. The van der Waals surface area contributed by atoms with Crippen LogP contribution >= 0.6 is 0 Å². The number of carbonyl (C=O) groups is 1. The highest BCUT2D eigenvalue weighted by Crippen LogP contribution is 2.31. The number of nitrogens with zero attached hydrogens (tertiary/aromatic N) is 1. The van der Waals surface area contributed by atoms with Gasteiger partial charge in [-0.3, -0.25) is 4.79 Å². The Hall–Kier alpha value is -0.790. The smallest absolute Gasteiger partial charge is 0.229 e. The fraction of sp³-hybridized carbons (Fsp3) is 0.727. The van der Waals surface area contributed by atoms with Crippen LogP contribution in [-0.2, 0) is 4.79 Å². The Morgan fingerprint density at radius 1 is 1.62 bits per heavy atom. The van der Waals surface area contributed by atoms with E-state index in [9.17, 15) is 4.79 Å². The van der Waals surface area contributed by atoms with Gasteiger partial charge in [-0.05, 0) is 11.6 Å². The molecule has 0 N–H and O–H groups in total. The van der Waals surface area contributed by atoms with Crippen LogP contribution in [0.1, 0.15) is 34.1 Å². The average molecular weight is 183 g/mol. The molecule has 0 saturated carbocycles. The van der Waals surface area contributed by atoms with Crippen LogP contribution in [0.2, 0.25) is 0 Å². The molecule has 0 rings (SSSR count). The van der Waals surface area contributed by atoms with Gasteiger partial charge in [0.1, 0.15) is 0 Å². The monoisotopic (exact) mass is 183 g/mol.